The van der Waals surface area contributed by atoms with Crippen LogP contribution in [0.2, 0.25) is 0 Å². The number of likely N-dealkylation sites (tertiary alicyclic amines) is 1. The van der Waals surface area contributed by atoms with Crippen LogP contribution in [0.4, 0.5) is 14.6 Å². The fourth-order valence-corrected chi connectivity index (χ4v) is 4.94. The molecule has 1 aliphatic heterocycles. The Kier molecular flexibility index (Phi) is 6.07. The van der Waals surface area contributed by atoms with Gasteiger partial charge in [0.2, 0.25) is 0 Å². The quantitative estimate of drug-likeness (QED) is 0.508. The lowest BCUT2D eigenvalue weighted by molar-refractivity contribution is -0.130. The van der Waals surface area contributed by atoms with Gasteiger partial charge in [-0.2, -0.15) is 5.10 Å². The lowest BCUT2D eigenvalue weighted by atomic mass is 9.96. The summed E-state index contributed by atoms with van der Waals surface area (Å²) in [6.45, 7) is 2.01. The molecule has 2 heterocycles. The van der Waals surface area contributed by atoms with Gasteiger partial charge in [-0.25, -0.2) is 13.5 Å². The lowest BCUT2D eigenvalue weighted by Crippen LogP contribution is -2.49. The number of nitrogens with zero attached hydrogens (tertiary/aromatic N) is 3. The normalized spacial score (nSPS) is 17.7. The van der Waals surface area contributed by atoms with E-state index in [2.05, 4.69) is 16.9 Å². The minimum Gasteiger partial charge on any atom is -0.454 e. The van der Waals surface area contributed by atoms with E-state index in [-0.39, 0.29) is 34.6 Å². The van der Waals surface area contributed by atoms with Crippen LogP contribution < -0.4 is 16.2 Å². The largest absolute Gasteiger partial charge is 0.454 e. The highest BCUT2D eigenvalue weighted by Gasteiger charge is 2.53. The number of hydrogen-bond acceptors (Lipinski definition) is 5. The van der Waals surface area contributed by atoms with Crippen molar-refractivity contribution in [2.45, 2.75) is 44.2 Å². The van der Waals surface area contributed by atoms with Crippen molar-refractivity contribution in [3.8, 4) is 34.6 Å². The Balaban J connectivity index is 1.43. The van der Waals surface area contributed by atoms with Gasteiger partial charge in [-0.1, -0.05) is 5.92 Å². The summed E-state index contributed by atoms with van der Waals surface area (Å²) in [6.07, 6.45) is 3.42. The number of benzene rings is 2. The zero-order valence-electron chi connectivity index (χ0n) is 20.1. The second-order valence-electron chi connectivity index (χ2n) is 9.33. The molecule has 2 aliphatic rings. The van der Waals surface area contributed by atoms with E-state index in [9.17, 15) is 18.4 Å². The number of halogens is 2. The van der Waals surface area contributed by atoms with Crippen molar-refractivity contribution >= 4 is 17.6 Å². The maximum Gasteiger partial charge on any atom is 0.298 e. The fraction of sp³-hybridized carbons (Fsp3) is 0.296. The minimum absolute atomic E-state index is 0.0798. The van der Waals surface area contributed by atoms with Crippen molar-refractivity contribution in [3.05, 3.63) is 59.7 Å². The Labute approximate surface area is 212 Å². The van der Waals surface area contributed by atoms with Crippen LogP contribution >= 0.6 is 0 Å². The third-order valence-electron chi connectivity index (χ3n) is 7.00. The van der Waals surface area contributed by atoms with Gasteiger partial charge in [-0.05, 0) is 74.9 Å². The highest BCUT2D eigenvalue weighted by atomic mass is 19.1. The second-order valence-corrected chi connectivity index (χ2v) is 9.33. The van der Waals surface area contributed by atoms with Crippen LogP contribution in [0.3, 0.4) is 0 Å². The monoisotopic (exact) mass is 505 g/mol. The van der Waals surface area contributed by atoms with E-state index in [1.165, 1.54) is 6.07 Å². The molecule has 0 unspecified atom stereocenters. The zero-order chi connectivity index (χ0) is 26.3. The van der Waals surface area contributed by atoms with Crippen LogP contribution in [-0.2, 0) is 4.79 Å². The van der Waals surface area contributed by atoms with Crippen molar-refractivity contribution < 1.29 is 23.1 Å². The molecular formula is C27H25F2N5O3. The Hall–Kier alpha value is -4.39. The maximum atomic E-state index is 13.9. The van der Waals surface area contributed by atoms with Crippen LogP contribution in [0.25, 0.3) is 11.3 Å². The highest BCUT2D eigenvalue weighted by molar-refractivity contribution is 6.03. The van der Waals surface area contributed by atoms with Gasteiger partial charge in [-0.15, -0.1) is 0 Å². The molecule has 10 heteroatoms. The van der Waals surface area contributed by atoms with Crippen molar-refractivity contribution in [2.24, 2.45) is 5.73 Å². The van der Waals surface area contributed by atoms with Gasteiger partial charge < -0.3 is 21.1 Å². The topological polar surface area (TPSA) is 116 Å². The van der Waals surface area contributed by atoms with Crippen LogP contribution in [0.1, 0.15) is 49.0 Å². The van der Waals surface area contributed by atoms with Crippen molar-refractivity contribution in [3.63, 3.8) is 0 Å². The molecule has 8 nitrogen and oxygen atoms in total. The SMILES string of the molecule is CC#CC(=O)N1C[C@@H](n2nc(-c3ccc(Oc4ccc(F)cc4F)cc3)c(C(N)=O)c2N)CCC12CC2. The van der Waals surface area contributed by atoms with E-state index < -0.39 is 17.5 Å². The summed E-state index contributed by atoms with van der Waals surface area (Å²) in [5.41, 5.74) is 12.8. The Morgan fingerprint density at radius 3 is 2.49 bits per heavy atom. The number of ether oxygens (including phenoxy) is 1. The predicted octanol–water partition coefficient (Wildman–Crippen LogP) is 4.02. The molecule has 0 bridgehead atoms. The maximum absolute atomic E-state index is 13.9. The first kappa shape index (κ1) is 24.3. The molecule has 2 amide bonds. The summed E-state index contributed by atoms with van der Waals surface area (Å²) in [7, 11) is 0. The number of primary amides is 1. The standard InChI is InChI=1S/C27H25F2N5O3/c1-2-3-22(35)33-15-18(10-11-27(33)12-13-27)34-25(30)23(26(31)36)24(32-34)16-4-7-19(8-5-16)37-21-9-6-17(28)14-20(21)29/h4-9,14,18H,10-13,15,30H2,1H3,(H2,31,36)/t18-/m0/s1. The molecule has 190 valence electrons. The van der Waals surface area contributed by atoms with E-state index in [4.69, 9.17) is 16.2 Å². The molecule has 2 aromatic carbocycles. The Morgan fingerprint density at radius 1 is 1.14 bits per heavy atom. The molecule has 5 rings (SSSR count). The van der Waals surface area contributed by atoms with Gasteiger partial charge >= 0.3 is 0 Å². The molecule has 1 saturated carbocycles. The molecule has 2 fully saturated rings. The van der Waals surface area contributed by atoms with Crippen molar-refractivity contribution in [1.82, 2.24) is 14.7 Å². The number of carbonyl (C=O) groups is 2. The van der Waals surface area contributed by atoms with Gasteiger partial charge in [-0.3, -0.25) is 9.59 Å². The molecule has 1 aromatic heterocycles. The summed E-state index contributed by atoms with van der Waals surface area (Å²) < 4.78 is 34.2. The first-order valence-electron chi connectivity index (χ1n) is 11.9. The smallest absolute Gasteiger partial charge is 0.298 e. The number of rotatable bonds is 5. The number of carbonyl (C=O) groups excluding carboxylic acids is 2. The first-order chi connectivity index (χ1) is 17.7. The van der Waals surface area contributed by atoms with Gasteiger partial charge in [0.05, 0.1) is 6.04 Å². The second kappa shape index (κ2) is 9.24. The first-order valence-corrected chi connectivity index (χ1v) is 11.9. The molecule has 1 spiro atoms. The number of anilines is 1. The van der Waals surface area contributed by atoms with E-state index in [1.54, 1.807) is 35.9 Å². The molecule has 4 N–H and O–H groups in total. The number of aromatic nitrogens is 2. The zero-order valence-corrected chi connectivity index (χ0v) is 20.1. The third-order valence-corrected chi connectivity index (χ3v) is 7.00. The number of nitrogen functional groups attached to an aromatic ring is 1. The Morgan fingerprint density at radius 2 is 1.86 bits per heavy atom. The molecule has 37 heavy (non-hydrogen) atoms. The number of hydrogen-bond donors (Lipinski definition) is 2. The predicted molar refractivity (Wildman–Crippen MR) is 132 cm³/mol. The van der Waals surface area contributed by atoms with E-state index in [0.717, 1.165) is 37.8 Å². The summed E-state index contributed by atoms with van der Waals surface area (Å²) in [4.78, 5) is 26.9. The number of piperidine rings is 1. The van der Waals surface area contributed by atoms with E-state index >= 15 is 0 Å². The number of amides is 2. The van der Waals surface area contributed by atoms with Crippen LogP contribution in [0.15, 0.2) is 42.5 Å². The van der Waals surface area contributed by atoms with Crippen molar-refractivity contribution in [2.75, 3.05) is 12.3 Å². The fourth-order valence-electron chi connectivity index (χ4n) is 4.94. The lowest BCUT2D eigenvalue weighted by Gasteiger charge is -2.39. The average Bonchev–Trinajstić information content (AvgIpc) is 3.54. The van der Waals surface area contributed by atoms with E-state index in [0.29, 0.717) is 23.6 Å². The van der Waals surface area contributed by atoms with Gasteiger partial charge in [0.1, 0.15) is 28.6 Å². The van der Waals surface area contributed by atoms with Gasteiger partial charge in [0, 0.05) is 23.7 Å². The minimum atomic E-state index is -0.829. The summed E-state index contributed by atoms with van der Waals surface area (Å²) in [5.74, 6) is 3.12. The van der Waals surface area contributed by atoms with Crippen LogP contribution in [0.5, 0.6) is 11.5 Å². The Bertz CT molecular complexity index is 1450. The van der Waals surface area contributed by atoms with Crippen LogP contribution in [-0.4, -0.2) is 38.6 Å². The number of nitrogens with two attached hydrogens (primary N) is 2. The molecule has 1 saturated heterocycles. The van der Waals surface area contributed by atoms with Gasteiger partial charge in [0.25, 0.3) is 11.8 Å². The summed E-state index contributed by atoms with van der Waals surface area (Å²) in [5, 5.41) is 4.64. The average molecular weight is 506 g/mol. The molecule has 3 aromatic rings. The highest BCUT2D eigenvalue weighted by Crippen LogP contribution is 2.50. The molecule has 1 aliphatic carbocycles. The van der Waals surface area contributed by atoms with Gasteiger partial charge in [0.15, 0.2) is 11.6 Å². The molecule has 1 atom stereocenters. The van der Waals surface area contributed by atoms with Crippen LogP contribution in [0, 0.1) is 23.5 Å². The molecule has 0 radical (unpaired) electrons. The summed E-state index contributed by atoms with van der Waals surface area (Å²) >= 11 is 0. The van der Waals surface area contributed by atoms with Crippen molar-refractivity contribution in [1.29, 1.82) is 0 Å². The van der Waals surface area contributed by atoms with E-state index in [1.807, 2.05) is 4.90 Å². The molecular weight excluding hydrogens is 480 g/mol. The summed E-state index contributed by atoms with van der Waals surface area (Å²) in [6, 6.07) is 9.20. The third kappa shape index (κ3) is 4.48.